The Morgan fingerprint density at radius 2 is 2.33 bits per heavy atom. The fourth-order valence-corrected chi connectivity index (χ4v) is 2.42. The monoisotopic (exact) mass is 253 g/mol. The van der Waals surface area contributed by atoms with Crippen LogP contribution in [0.25, 0.3) is 0 Å². The summed E-state index contributed by atoms with van der Waals surface area (Å²) in [6.45, 7) is 4.54. The molecule has 18 heavy (non-hydrogen) atoms. The number of rotatable bonds is 7. The molecule has 0 spiro atoms. The first-order valence-corrected chi connectivity index (χ1v) is 6.76. The Morgan fingerprint density at radius 3 is 2.89 bits per heavy atom. The van der Waals surface area contributed by atoms with Gasteiger partial charge in [0, 0.05) is 12.5 Å². The average molecular weight is 253 g/mol. The number of allylic oxidation sites excluding steroid dienone is 1. The van der Waals surface area contributed by atoms with Gasteiger partial charge in [0.15, 0.2) is 0 Å². The molecule has 2 atom stereocenters. The van der Waals surface area contributed by atoms with Gasteiger partial charge in [0.25, 0.3) is 0 Å². The van der Waals surface area contributed by atoms with E-state index in [0.717, 1.165) is 25.7 Å². The number of carbonyl (C=O) groups excluding carboxylic acids is 1. The molecule has 1 aliphatic rings. The van der Waals surface area contributed by atoms with Gasteiger partial charge < -0.3 is 10.0 Å². The normalized spacial score (nSPS) is 21.8. The van der Waals surface area contributed by atoms with Crippen LogP contribution in [0.1, 0.15) is 46.0 Å². The fraction of sp³-hybridized carbons (Fsp3) is 0.714. The number of nitrogens with zero attached hydrogens (tertiary/aromatic N) is 1. The maximum absolute atomic E-state index is 12.2. The quantitative estimate of drug-likeness (QED) is 0.709. The number of carboxylic acid groups (broad SMARTS) is 1. The first-order chi connectivity index (χ1) is 8.61. The van der Waals surface area contributed by atoms with Crippen molar-refractivity contribution in [2.24, 2.45) is 5.92 Å². The molecule has 1 amide bonds. The lowest BCUT2D eigenvalue weighted by atomic mass is 10.0. The number of amides is 1. The van der Waals surface area contributed by atoms with Crippen LogP contribution in [0.15, 0.2) is 12.2 Å². The van der Waals surface area contributed by atoms with Gasteiger partial charge in [-0.15, -0.1) is 0 Å². The lowest BCUT2D eigenvalue weighted by Gasteiger charge is -2.23. The second kappa shape index (κ2) is 7.19. The fourth-order valence-electron chi connectivity index (χ4n) is 2.42. The lowest BCUT2D eigenvalue weighted by Crippen LogP contribution is -2.42. The van der Waals surface area contributed by atoms with E-state index in [2.05, 4.69) is 6.92 Å². The zero-order valence-corrected chi connectivity index (χ0v) is 11.3. The van der Waals surface area contributed by atoms with Crippen LogP contribution in [-0.4, -0.2) is 34.5 Å². The number of hydrogen-bond donors (Lipinski definition) is 1. The first-order valence-electron chi connectivity index (χ1n) is 6.76. The van der Waals surface area contributed by atoms with E-state index < -0.39 is 12.0 Å². The van der Waals surface area contributed by atoms with Crippen LogP contribution in [0.4, 0.5) is 0 Å². The van der Waals surface area contributed by atoms with Crippen LogP contribution < -0.4 is 0 Å². The third-order valence-electron chi connectivity index (χ3n) is 3.51. The summed E-state index contributed by atoms with van der Waals surface area (Å²) in [6.07, 6.45) is 7.84. The molecule has 0 aliphatic carbocycles. The van der Waals surface area contributed by atoms with Crippen molar-refractivity contribution in [2.75, 3.05) is 6.54 Å². The predicted octanol–water partition coefficient (Wildman–Crippen LogP) is 2.44. The zero-order chi connectivity index (χ0) is 13.5. The summed E-state index contributed by atoms with van der Waals surface area (Å²) in [6, 6.07) is -0.694. The predicted molar refractivity (Wildman–Crippen MR) is 70.2 cm³/mol. The van der Waals surface area contributed by atoms with E-state index in [9.17, 15) is 14.7 Å². The highest BCUT2D eigenvalue weighted by Gasteiger charge is 2.37. The molecule has 102 valence electrons. The van der Waals surface area contributed by atoms with Crippen LogP contribution >= 0.6 is 0 Å². The largest absolute Gasteiger partial charge is 0.480 e. The van der Waals surface area contributed by atoms with E-state index in [0.29, 0.717) is 13.0 Å². The van der Waals surface area contributed by atoms with Crippen molar-refractivity contribution in [3.63, 3.8) is 0 Å². The van der Waals surface area contributed by atoms with Crippen LogP contribution in [0, 0.1) is 5.92 Å². The minimum absolute atomic E-state index is 0.0281. The molecule has 1 heterocycles. The Kier molecular flexibility index (Phi) is 5.89. The minimum Gasteiger partial charge on any atom is -0.480 e. The average Bonchev–Trinajstić information content (AvgIpc) is 2.69. The SMILES string of the molecule is CC=CCC(C(=O)O)N1CC[C@H](CCCC)C1=O. The molecular weight excluding hydrogens is 230 g/mol. The summed E-state index contributed by atoms with van der Waals surface area (Å²) in [5, 5.41) is 9.21. The van der Waals surface area contributed by atoms with Gasteiger partial charge in [-0.25, -0.2) is 4.79 Å². The summed E-state index contributed by atoms with van der Waals surface area (Å²) in [5.41, 5.74) is 0. The lowest BCUT2D eigenvalue weighted by molar-refractivity contribution is -0.149. The summed E-state index contributed by atoms with van der Waals surface area (Å²) < 4.78 is 0. The molecule has 4 nitrogen and oxygen atoms in total. The van der Waals surface area contributed by atoms with Crippen molar-refractivity contribution in [1.29, 1.82) is 0 Å². The van der Waals surface area contributed by atoms with Crippen molar-refractivity contribution in [1.82, 2.24) is 4.90 Å². The summed E-state index contributed by atoms with van der Waals surface area (Å²) in [4.78, 5) is 24.9. The number of carboxylic acids is 1. The van der Waals surface area contributed by atoms with E-state index in [1.165, 1.54) is 0 Å². The molecule has 1 N–H and O–H groups in total. The number of likely N-dealkylation sites (tertiary alicyclic amines) is 1. The van der Waals surface area contributed by atoms with Gasteiger partial charge >= 0.3 is 5.97 Å². The standard InChI is InChI=1S/C14H23NO3/c1-3-5-7-11-9-10-15(13(11)16)12(14(17)18)8-6-4-2/h4,6,11-12H,3,5,7-10H2,1-2H3,(H,17,18)/t11-,12?/m0/s1. The molecule has 0 saturated carbocycles. The van der Waals surface area contributed by atoms with Crippen LogP contribution in [0.2, 0.25) is 0 Å². The molecule has 1 rings (SSSR count). The minimum atomic E-state index is -0.905. The summed E-state index contributed by atoms with van der Waals surface area (Å²) in [7, 11) is 0. The number of unbranched alkanes of at least 4 members (excludes halogenated alkanes) is 1. The highest BCUT2D eigenvalue weighted by atomic mass is 16.4. The molecular formula is C14H23NO3. The van der Waals surface area contributed by atoms with Gasteiger partial charge in [0.1, 0.15) is 6.04 Å². The molecule has 0 aromatic rings. The molecule has 4 heteroatoms. The first kappa shape index (κ1) is 14.7. The number of hydrogen-bond acceptors (Lipinski definition) is 2. The Hall–Kier alpha value is -1.32. The van der Waals surface area contributed by atoms with Gasteiger partial charge in [0.05, 0.1) is 0 Å². The van der Waals surface area contributed by atoms with Gasteiger partial charge in [-0.3, -0.25) is 4.79 Å². The van der Waals surface area contributed by atoms with Crippen molar-refractivity contribution >= 4 is 11.9 Å². The molecule has 0 radical (unpaired) electrons. The molecule has 0 aromatic carbocycles. The van der Waals surface area contributed by atoms with Gasteiger partial charge in [0.2, 0.25) is 5.91 Å². The third-order valence-corrected chi connectivity index (χ3v) is 3.51. The van der Waals surface area contributed by atoms with Gasteiger partial charge in [-0.2, -0.15) is 0 Å². The summed E-state index contributed by atoms with van der Waals surface area (Å²) in [5.74, 6) is -0.838. The van der Waals surface area contributed by atoms with Crippen LogP contribution in [0.3, 0.4) is 0 Å². The molecule has 1 unspecified atom stereocenters. The van der Waals surface area contributed by atoms with E-state index in [1.54, 1.807) is 4.90 Å². The molecule has 1 aliphatic heterocycles. The van der Waals surface area contributed by atoms with Crippen LogP contribution in [-0.2, 0) is 9.59 Å². The Bertz CT molecular complexity index is 325. The number of carbonyl (C=O) groups is 2. The highest BCUT2D eigenvalue weighted by Crippen LogP contribution is 2.26. The maximum atomic E-state index is 12.2. The topological polar surface area (TPSA) is 57.6 Å². The molecule has 1 fully saturated rings. The maximum Gasteiger partial charge on any atom is 0.326 e. The van der Waals surface area contributed by atoms with E-state index in [-0.39, 0.29) is 11.8 Å². The molecule has 1 saturated heterocycles. The van der Waals surface area contributed by atoms with Crippen molar-refractivity contribution in [3.05, 3.63) is 12.2 Å². The van der Waals surface area contributed by atoms with E-state index >= 15 is 0 Å². The van der Waals surface area contributed by atoms with Crippen molar-refractivity contribution < 1.29 is 14.7 Å². The van der Waals surface area contributed by atoms with Crippen LogP contribution in [0.5, 0.6) is 0 Å². The van der Waals surface area contributed by atoms with Gasteiger partial charge in [-0.1, -0.05) is 31.9 Å². The third kappa shape index (κ3) is 3.59. The smallest absolute Gasteiger partial charge is 0.326 e. The van der Waals surface area contributed by atoms with Crippen molar-refractivity contribution in [3.8, 4) is 0 Å². The Morgan fingerprint density at radius 1 is 1.61 bits per heavy atom. The number of aliphatic carboxylic acids is 1. The summed E-state index contributed by atoms with van der Waals surface area (Å²) >= 11 is 0. The zero-order valence-electron chi connectivity index (χ0n) is 11.3. The van der Waals surface area contributed by atoms with Crippen molar-refractivity contribution in [2.45, 2.75) is 52.0 Å². The second-order valence-electron chi connectivity index (χ2n) is 4.82. The Balaban J connectivity index is 2.64. The molecule has 0 aromatic heterocycles. The Labute approximate surface area is 109 Å². The van der Waals surface area contributed by atoms with E-state index in [4.69, 9.17) is 0 Å². The van der Waals surface area contributed by atoms with Gasteiger partial charge in [-0.05, 0) is 26.2 Å². The highest BCUT2D eigenvalue weighted by molar-refractivity contribution is 5.86. The second-order valence-corrected chi connectivity index (χ2v) is 4.82. The molecule has 0 bridgehead atoms. The van der Waals surface area contributed by atoms with E-state index in [1.807, 2.05) is 19.1 Å².